The number of hydrogen-bond donors (Lipinski definition) is 2. The first kappa shape index (κ1) is 14.4. The molecule has 0 saturated carbocycles. The van der Waals surface area contributed by atoms with Gasteiger partial charge in [-0.2, -0.15) is 0 Å². The molecule has 1 aliphatic heterocycles. The van der Waals surface area contributed by atoms with Crippen LogP contribution in [0.15, 0.2) is 21.2 Å². The lowest BCUT2D eigenvalue weighted by atomic mass is 9.87. The molecule has 3 nitrogen and oxygen atoms in total. The van der Waals surface area contributed by atoms with Crippen LogP contribution < -0.4 is 5.32 Å². The zero-order valence-corrected chi connectivity index (χ0v) is 13.5. The van der Waals surface area contributed by atoms with E-state index < -0.39 is 6.10 Å². The number of pyridine rings is 1. The molecule has 1 fully saturated rings. The first-order valence-electron chi connectivity index (χ1n) is 6.34. The molecular formula is C13H18Br2N2O. The monoisotopic (exact) mass is 376 g/mol. The number of nitrogens with one attached hydrogen (secondary N) is 1. The van der Waals surface area contributed by atoms with E-state index >= 15 is 0 Å². The molecule has 5 heteroatoms. The third-order valence-corrected chi connectivity index (χ3v) is 4.69. The van der Waals surface area contributed by atoms with Crippen LogP contribution in [0.2, 0.25) is 0 Å². The summed E-state index contributed by atoms with van der Waals surface area (Å²) < 4.78 is 1.76. The van der Waals surface area contributed by atoms with Crippen molar-refractivity contribution in [3.8, 4) is 0 Å². The zero-order chi connectivity index (χ0) is 13.1. The molecule has 3 atom stereocenters. The first-order chi connectivity index (χ1) is 8.61. The van der Waals surface area contributed by atoms with Crippen molar-refractivity contribution in [2.45, 2.75) is 38.3 Å². The van der Waals surface area contributed by atoms with Crippen LogP contribution in [0.1, 0.15) is 38.0 Å². The van der Waals surface area contributed by atoms with Crippen LogP contribution in [0, 0.1) is 5.92 Å². The van der Waals surface area contributed by atoms with Crippen LogP contribution in [0.3, 0.4) is 0 Å². The second-order valence-corrected chi connectivity index (χ2v) is 6.59. The molecule has 0 radical (unpaired) electrons. The lowest BCUT2D eigenvalue weighted by Gasteiger charge is -2.33. The van der Waals surface area contributed by atoms with E-state index in [0.29, 0.717) is 11.6 Å². The number of piperidine rings is 1. The molecule has 0 aliphatic carbocycles. The second-order valence-electron chi connectivity index (χ2n) is 4.82. The summed E-state index contributed by atoms with van der Waals surface area (Å²) in [5.74, 6) is 0.708. The maximum Gasteiger partial charge on any atom is 0.112 e. The molecule has 0 amide bonds. The van der Waals surface area contributed by atoms with Gasteiger partial charge in [-0.05, 0) is 63.2 Å². The van der Waals surface area contributed by atoms with Gasteiger partial charge in [0.15, 0.2) is 0 Å². The van der Waals surface area contributed by atoms with E-state index in [4.69, 9.17) is 0 Å². The highest BCUT2D eigenvalue weighted by molar-refractivity contribution is 9.11. The minimum absolute atomic E-state index is 0.105. The smallest absolute Gasteiger partial charge is 0.112 e. The Balaban J connectivity index is 2.12. The van der Waals surface area contributed by atoms with Crippen molar-refractivity contribution in [2.24, 2.45) is 5.92 Å². The van der Waals surface area contributed by atoms with E-state index in [9.17, 15) is 5.11 Å². The van der Waals surface area contributed by atoms with Crippen LogP contribution in [0.5, 0.6) is 0 Å². The molecule has 1 aromatic rings. The molecule has 2 rings (SSSR count). The fourth-order valence-corrected chi connectivity index (χ4v) is 3.70. The third-order valence-electron chi connectivity index (χ3n) is 3.62. The van der Waals surface area contributed by atoms with Gasteiger partial charge in [-0.1, -0.05) is 13.3 Å². The summed E-state index contributed by atoms with van der Waals surface area (Å²) in [4.78, 5) is 4.32. The lowest BCUT2D eigenvalue weighted by Crippen LogP contribution is -2.42. The molecule has 2 heterocycles. The molecule has 0 aromatic carbocycles. The number of hydrogen-bond acceptors (Lipinski definition) is 3. The maximum atomic E-state index is 10.5. The fourth-order valence-electron chi connectivity index (χ4n) is 2.48. The van der Waals surface area contributed by atoms with E-state index in [-0.39, 0.29) is 6.04 Å². The van der Waals surface area contributed by atoms with E-state index in [0.717, 1.165) is 21.9 Å². The molecule has 0 bridgehead atoms. The molecule has 0 spiro atoms. The number of rotatable bonds is 3. The van der Waals surface area contributed by atoms with Gasteiger partial charge >= 0.3 is 0 Å². The standard InChI is InChI=1S/C13H18Br2N2O/c1-2-8-3-4-16-11(5-8)13(18)12-10(15)6-9(14)7-17-12/h6-8,11,13,16,18H,2-5H2,1H3. The average Bonchev–Trinajstić information content (AvgIpc) is 2.38. The summed E-state index contributed by atoms with van der Waals surface area (Å²) in [6.07, 6.45) is 4.57. The summed E-state index contributed by atoms with van der Waals surface area (Å²) in [6.45, 7) is 3.20. The summed E-state index contributed by atoms with van der Waals surface area (Å²) in [5.41, 5.74) is 0.715. The topological polar surface area (TPSA) is 45.1 Å². The summed E-state index contributed by atoms with van der Waals surface area (Å²) in [7, 11) is 0. The van der Waals surface area contributed by atoms with Gasteiger partial charge in [-0.3, -0.25) is 4.98 Å². The van der Waals surface area contributed by atoms with Gasteiger partial charge in [0.2, 0.25) is 0 Å². The van der Waals surface area contributed by atoms with Gasteiger partial charge in [0.1, 0.15) is 6.10 Å². The van der Waals surface area contributed by atoms with Crippen LogP contribution in [0.25, 0.3) is 0 Å². The highest BCUT2D eigenvalue weighted by atomic mass is 79.9. The van der Waals surface area contributed by atoms with E-state index in [1.165, 1.54) is 12.8 Å². The molecule has 1 aliphatic rings. The molecule has 3 unspecified atom stereocenters. The van der Waals surface area contributed by atoms with E-state index in [1.54, 1.807) is 6.20 Å². The van der Waals surface area contributed by atoms with Crippen LogP contribution in [-0.4, -0.2) is 22.7 Å². The molecule has 100 valence electrons. The minimum Gasteiger partial charge on any atom is -0.385 e. The quantitative estimate of drug-likeness (QED) is 0.848. The largest absolute Gasteiger partial charge is 0.385 e. The number of nitrogens with zero attached hydrogens (tertiary/aromatic N) is 1. The summed E-state index contributed by atoms with van der Waals surface area (Å²) >= 11 is 6.84. The number of halogens is 2. The van der Waals surface area contributed by atoms with E-state index in [1.807, 2.05) is 6.07 Å². The van der Waals surface area contributed by atoms with Crippen molar-refractivity contribution in [3.05, 3.63) is 26.9 Å². The molecular weight excluding hydrogens is 360 g/mol. The van der Waals surface area contributed by atoms with Crippen molar-refractivity contribution in [3.63, 3.8) is 0 Å². The predicted octanol–water partition coefficient (Wildman–Crippen LogP) is 3.42. The Morgan fingerprint density at radius 2 is 2.33 bits per heavy atom. The van der Waals surface area contributed by atoms with Crippen LogP contribution in [-0.2, 0) is 0 Å². The normalized spacial score (nSPS) is 26.0. The Kier molecular flexibility index (Phi) is 5.18. The highest BCUT2D eigenvalue weighted by Crippen LogP contribution is 2.31. The van der Waals surface area contributed by atoms with Gasteiger partial charge < -0.3 is 10.4 Å². The van der Waals surface area contributed by atoms with Crippen molar-refractivity contribution < 1.29 is 5.11 Å². The van der Waals surface area contributed by atoms with Gasteiger partial charge in [0.05, 0.1) is 5.69 Å². The Morgan fingerprint density at radius 3 is 3.00 bits per heavy atom. The number of aromatic nitrogens is 1. The number of aliphatic hydroxyl groups is 1. The zero-order valence-electron chi connectivity index (χ0n) is 10.4. The Labute approximate surface area is 125 Å². The van der Waals surface area contributed by atoms with E-state index in [2.05, 4.69) is 49.1 Å². The Bertz CT molecular complexity index is 414. The fraction of sp³-hybridized carbons (Fsp3) is 0.615. The Morgan fingerprint density at radius 1 is 1.56 bits per heavy atom. The van der Waals surface area contributed by atoms with Gasteiger partial charge in [-0.15, -0.1) is 0 Å². The molecule has 1 aromatic heterocycles. The summed E-state index contributed by atoms with van der Waals surface area (Å²) in [6, 6.07) is 2.03. The van der Waals surface area contributed by atoms with Crippen molar-refractivity contribution in [1.29, 1.82) is 0 Å². The van der Waals surface area contributed by atoms with Crippen molar-refractivity contribution >= 4 is 31.9 Å². The van der Waals surface area contributed by atoms with Gasteiger partial charge in [-0.25, -0.2) is 0 Å². The predicted molar refractivity (Wildman–Crippen MR) is 79.4 cm³/mol. The molecule has 2 N–H and O–H groups in total. The van der Waals surface area contributed by atoms with Crippen LogP contribution in [0.4, 0.5) is 0 Å². The van der Waals surface area contributed by atoms with Crippen molar-refractivity contribution in [1.82, 2.24) is 10.3 Å². The Hall–Kier alpha value is 0.0300. The SMILES string of the molecule is CCC1CCNC(C(O)c2ncc(Br)cc2Br)C1. The molecule has 1 saturated heterocycles. The van der Waals surface area contributed by atoms with Crippen molar-refractivity contribution in [2.75, 3.05) is 6.54 Å². The molecule has 18 heavy (non-hydrogen) atoms. The van der Waals surface area contributed by atoms with Crippen LogP contribution >= 0.6 is 31.9 Å². The van der Waals surface area contributed by atoms with Gasteiger partial charge in [0, 0.05) is 21.2 Å². The highest BCUT2D eigenvalue weighted by Gasteiger charge is 2.29. The number of aliphatic hydroxyl groups excluding tert-OH is 1. The first-order valence-corrected chi connectivity index (χ1v) is 7.92. The average molecular weight is 378 g/mol. The minimum atomic E-state index is -0.554. The third kappa shape index (κ3) is 3.32. The lowest BCUT2D eigenvalue weighted by molar-refractivity contribution is 0.0938. The maximum absolute atomic E-state index is 10.5. The summed E-state index contributed by atoms with van der Waals surface area (Å²) in [5, 5.41) is 13.9. The van der Waals surface area contributed by atoms with Gasteiger partial charge in [0.25, 0.3) is 0 Å². The second kappa shape index (κ2) is 6.46.